The summed E-state index contributed by atoms with van der Waals surface area (Å²) in [6.45, 7) is 1.89. The molecule has 1 aromatic heterocycles. The third-order valence-electron chi connectivity index (χ3n) is 3.68. The molecule has 10 heteroatoms. The Balaban J connectivity index is 1.72. The molecule has 1 N–H and O–H groups in total. The Kier molecular flexibility index (Phi) is 6.15. The van der Waals surface area contributed by atoms with Gasteiger partial charge in [-0.1, -0.05) is 6.07 Å². The fourth-order valence-corrected chi connectivity index (χ4v) is 2.96. The van der Waals surface area contributed by atoms with Crippen LogP contribution in [0.2, 0.25) is 0 Å². The van der Waals surface area contributed by atoms with E-state index in [1.54, 1.807) is 24.4 Å². The first-order valence-corrected chi connectivity index (χ1v) is 9.20. The SMILES string of the molecule is COc1cc(/C=N\Nc2nc(C)cs2)ccc1OC(=O)c1cccc([N+](=O)[O-])c1. The summed E-state index contributed by atoms with van der Waals surface area (Å²) in [7, 11) is 1.44. The second kappa shape index (κ2) is 8.93. The molecule has 0 amide bonds. The van der Waals surface area contributed by atoms with Crippen LogP contribution in [0.15, 0.2) is 52.9 Å². The van der Waals surface area contributed by atoms with Crippen LogP contribution < -0.4 is 14.9 Å². The first kappa shape index (κ1) is 20.0. The van der Waals surface area contributed by atoms with Crippen molar-refractivity contribution in [2.24, 2.45) is 5.10 Å². The van der Waals surface area contributed by atoms with E-state index in [2.05, 4.69) is 15.5 Å². The van der Waals surface area contributed by atoms with E-state index in [9.17, 15) is 14.9 Å². The van der Waals surface area contributed by atoms with Crippen LogP contribution in [0.25, 0.3) is 0 Å². The minimum absolute atomic E-state index is 0.0647. The Morgan fingerprint density at radius 2 is 2.10 bits per heavy atom. The smallest absolute Gasteiger partial charge is 0.343 e. The van der Waals surface area contributed by atoms with Gasteiger partial charge in [0.05, 0.1) is 29.5 Å². The van der Waals surface area contributed by atoms with Gasteiger partial charge in [-0.2, -0.15) is 5.10 Å². The van der Waals surface area contributed by atoms with Crippen molar-refractivity contribution in [3.8, 4) is 11.5 Å². The molecule has 0 aliphatic rings. The summed E-state index contributed by atoms with van der Waals surface area (Å²) >= 11 is 1.44. The number of methoxy groups -OCH3 is 1. The number of nitrogens with zero attached hydrogens (tertiary/aromatic N) is 3. The van der Waals surface area contributed by atoms with Crippen LogP contribution >= 0.6 is 11.3 Å². The van der Waals surface area contributed by atoms with E-state index in [1.807, 2.05) is 12.3 Å². The highest BCUT2D eigenvalue weighted by Crippen LogP contribution is 2.29. The van der Waals surface area contributed by atoms with Crippen molar-refractivity contribution in [1.29, 1.82) is 0 Å². The number of hydrogen-bond donors (Lipinski definition) is 1. The van der Waals surface area contributed by atoms with Gasteiger partial charge in [-0.05, 0) is 36.8 Å². The van der Waals surface area contributed by atoms with E-state index >= 15 is 0 Å². The van der Waals surface area contributed by atoms with Gasteiger partial charge in [0.25, 0.3) is 5.69 Å². The Morgan fingerprint density at radius 1 is 1.28 bits per heavy atom. The second-order valence-electron chi connectivity index (χ2n) is 5.77. The van der Waals surface area contributed by atoms with E-state index in [-0.39, 0.29) is 17.0 Å². The lowest BCUT2D eigenvalue weighted by molar-refractivity contribution is -0.384. The predicted molar refractivity (Wildman–Crippen MR) is 109 cm³/mol. The number of non-ortho nitro benzene ring substituents is 1. The lowest BCUT2D eigenvalue weighted by atomic mass is 10.2. The summed E-state index contributed by atoms with van der Waals surface area (Å²) in [4.78, 5) is 26.9. The molecule has 0 spiro atoms. The maximum Gasteiger partial charge on any atom is 0.343 e. The molecule has 0 fully saturated rings. The lowest BCUT2D eigenvalue weighted by Crippen LogP contribution is -2.09. The average Bonchev–Trinajstić information content (AvgIpc) is 3.14. The average molecular weight is 412 g/mol. The zero-order valence-corrected chi connectivity index (χ0v) is 16.3. The molecule has 9 nitrogen and oxygen atoms in total. The van der Waals surface area contributed by atoms with Crippen LogP contribution in [0.3, 0.4) is 0 Å². The van der Waals surface area contributed by atoms with Crippen molar-refractivity contribution in [2.75, 3.05) is 12.5 Å². The molecular formula is C19H16N4O5S. The second-order valence-corrected chi connectivity index (χ2v) is 6.63. The van der Waals surface area contributed by atoms with E-state index in [0.29, 0.717) is 16.4 Å². The van der Waals surface area contributed by atoms with Crippen molar-refractivity contribution < 1.29 is 19.2 Å². The number of hydrazone groups is 1. The number of aryl methyl sites for hydroxylation is 1. The fourth-order valence-electron chi connectivity index (χ4n) is 2.32. The summed E-state index contributed by atoms with van der Waals surface area (Å²) in [6, 6.07) is 10.2. The highest BCUT2D eigenvalue weighted by molar-refractivity contribution is 7.13. The van der Waals surface area contributed by atoms with E-state index < -0.39 is 10.9 Å². The van der Waals surface area contributed by atoms with Crippen LogP contribution in [0, 0.1) is 17.0 Å². The Bertz CT molecular complexity index is 1080. The summed E-state index contributed by atoms with van der Waals surface area (Å²) in [5, 5.41) is 17.6. The van der Waals surface area contributed by atoms with Gasteiger partial charge in [-0.3, -0.25) is 15.5 Å². The van der Waals surface area contributed by atoms with Crippen molar-refractivity contribution in [3.05, 3.63) is 74.8 Å². The van der Waals surface area contributed by atoms with Gasteiger partial charge in [0.1, 0.15) is 0 Å². The number of thiazole rings is 1. The van der Waals surface area contributed by atoms with Gasteiger partial charge in [-0.15, -0.1) is 11.3 Å². The van der Waals surface area contributed by atoms with Crippen molar-refractivity contribution in [2.45, 2.75) is 6.92 Å². The minimum Gasteiger partial charge on any atom is -0.493 e. The van der Waals surface area contributed by atoms with Crippen LogP contribution in [0.1, 0.15) is 21.6 Å². The van der Waals surface area contributed by atoms with Crippen LogP contribution in [0.4, 0.5) is 10.8 Å². The zero-order valence-electron chi connectivity index (χ0n) is 15.5. The van der Waals surface area contributed by atoms with Crippen LogP contribution in [0.5, 0.6) is 11.5 Å². The standard InChI is InChI=1S/C19H16N4O5S/c1-12-11-29-19(21-12)22-20-10-13-6-7-16(17(8-13)27-2)28-18(24)14-4-3-5-15(9-14)23(25)26/h3-11H,1-2H3,(H,21,22)/b20-10-. The number of nitro benzene ring substituents is 1. The molecule has 0 radical (unpaired) electrons. The highest BCUT2D eigenvalue weighted by atomic mass is 32.1. The number of benzene rings is 2. The Morgan fingerprint density at radius 3 is 2.79 bits per heavy atom. The van der Waals surface area contributed by atoms with Gasteiger partial charge in [-0.25, -0.2) is 9.78 Å². The van der Waals surface area contributed by atoms with E-state index in [0.717, 1.165) is 11.8 Å². The summed E-state index contributed by atoms with van der Waals surface area (Å²) in [6.07, 6.45) is 1.57. The third-order valence-corrected chi connectivity index (χ3v) is 4.54. The summed E-state index contributed by atoms with van der Waals surface area (Å²) in [5.74, 6) is -0.225. The summed E-state index contributed by atoms with van der Waals surface area (Å²) in [5.41, 5.74) is 4.31. The van der Waals surface area contributed by atoms with Crippen molar-refractivity contribution in [3.63, 3.8) is 0 Å². The molecule has 29 heavy (non-hydrogen) atoms. The first-order chi connectivity index (χ1) is 14.0. The lowest BCUT2D eigenvalue weighted by Gasteiger charge is -2.10. The number of aromatic nitrogens is 1. The largest absolute Gasteiger partial charge is 0.493 e. The van der Waals surface area contributed by atoms with E-state index in [1.165, 1.54) is 36.6 Å². The number of anilines is 1. The number of esters is 1. The van der Waals surface area contributed by atoms with Crippen LogP contribution in [-0.4, -0.2) is 29.2 Å². The monoisotopic (exact) mass is 412 g/mol. The predicted octanol–water partition coefficient (Wildman–Crippen LogP) is 4.03. The fraction of sp³-hybridized carbons (Fsp3) is 0.105. The van der Waals surface area contributed by atoms with Gasteiger partial charge in [0.2, 0.25) is 5.13 Å². The van der Waals surface area contributed by atoms with Gasteiger partial charge in [0, 0.05) is 17.5 Å². The number of nitro groups is 1. The maximum atomic E-state index is 12.3. The molecule has 0 unspecified atom stereocenters. The minimum atomic E-state index is -0.728. The van der Waals surface area contributed by atoms with Gasteiger partial charge >= 0.3 is 5.97 Å². The van der Waals surface area contributed by atoms with Crippen LogP contribution in [-0.2, 0) is 0 Å². The molecule has 0 saturated carbocycles. The number of nitrogens with one attached hydrogen (secondary N) is 1. The normalized spacial score (nSPS) is 10.7. The zero-order chi connectivity index (χ0) is 20.8. The van der Waals surface area contributed by atoms with Crippen molar-refractivity contribution in [1.82, 2.24) is 4.98 Å². The quantitative estimate of drug-likeness (QED) is 0.205. The molecule has 148 valence electrons. The number of carbonyl (C=O) groups is 1. The maximum absolute atomic E-state index is 12.3. The third kappa shape index (κ3) is 5.14. The molecule has 3 rings (SSSR count). The first-order valence-electron chi connectivity index (χ1n) is 8.32. The highest BCUT2D eigenvalue weighted by Gasteiger charge is 2.16. The number of rotatable bonds is 7. The Labute approximate surface area is 169 Å². The molecular weight excluding hydrogens is 396 g/mol. The van der Waals surface area contributed by atoms with E-state index in [4.69, 9.17) is 9.47 Å². The van der Waals surface area contributed by atoms with Gasteiger partial charge < -0.3 is 9.47 Å². The molecule has 0 aliphatic heterocycles. The molecule has 1 heterocycles. The molecule has 0 aliphatic carbocycles. The molecule has 0 atom stereocenters. The number of ether oxygens (including phenoxy) is 2. The Hall–Kier alpha value is -3.79. The molecule has 0 bridgehead atoms. The number of hydrogen-bond acceptors (Lipinski definition) is 9. The van der Waals surface area contributed by atoms with Crippen molar-refractivity contribution >= 4 is 34.3 Å². The topological polar surface area (TPSA) is 116 Å². The summed E-state index contributed by atoms with van der Waals surface area (Å²) < 4.78 is 10.6. The molecule has 0 saturated heterocycles. The molecule has 3 aromatic rings. The number of carbonyl (C=O) groups excluding carboxylic acids is 1. The molecule has 2 aromatic carbocycles. The van der Waals surface area contributed by atoms with Gasteiger partial charge in [0.15, 0.2) is 11.5 Å².